The summed E-state index contributed by atoms with van der Waals surface area (Å²) in [4.78, 5) is 25.6. The summed E-state index contributed by atoms with van der Waals surface area (Å²) >= 11 is 4.08. The Bertz CT molecular complexity index is 1420. The van der Waals surface area contributed by atoms with Crippen LogP contribution in [-0.2, 0) is 16.4 Å². The van der Waals surface area contributed by atoms with Crippen LogP contribution in [0.5, 0.6) is 0 Å². The molecule has 0 aliphatic heterocycles. The van der Waals surface area contributed by atoms with E-state index in [2.05, 4.69) is 38.2 Å². The normalized spacial score (nSPS) is 11.5. The summed E-state index contributed by atoms with van der Waals surface area (Å²) in [6.07, 6.45) is 6.31. The number of aromatic nitrogens is 5. The zero-order valence-electron chi connectivity index (χ0n) is 17.9. The lowest BCUT2D eigenvalue weighted by atomic mass is 10.2. The van der Waals surface area contributed by atoms with Crippen molar-refractivity contribution in [3.8, 4) is 11.3 Å². The third-order valence-corrected chi connectivity index (χ3v) is 6.39. The molecule has 0 radical (unpaired) electrons. The number of rotatable bonds is 6. The first-order valence-corrected chi connectivity index (χ1v) is 12.2. The molecule has 3 aromatic heterocycles. The molecule has 10 nitrogen and oxygen atoms in total. The first kappa shape index (κ1) is 22.7. The number of carbonyl (C=O) groups excluding carboxylic acids is 1. The third kappa shape index (κ3) is 5.29. The zero-order chi connectivity index (χ0) is 23.6. The molecule has 0 saturated carbocycles. The van der Waals surface area contributed by atoms with Crippen LogP contribution in [0.2, 0.25) is 0 Å². The number of benzene rings is 1. The number of amides is 2. The molecule has 4 aromatic rings. The van der Waals surface area contributed by atoms with Crippen molar-refractivity contribution in [1.82, 2.24) is 29.0 Å². The van der Waals surface area contributed by atoms with Crippen molar-refractivity contribution < 1.29 is 13.2 Å². The molecule has 1 N–H and O–H groups in total. The van der Waals surface area contributed by atoms with Crippen LogP contribution in [0, 0.1) is 0 Å². The number of anilines is 1. The van der Waals surface area contributed by atoms with Crippen LogP contribution < -0.4 is 5.32 Å². The number of pyridine rings is 1. The average molecular weight is 484 g/mol. The Morgan fingerprint density at radius 3 is 2.58 bits per heavy atom. The fraction of sp³-hybridized carbons (Fsp3) is 0.190. The van der Waals surface area contributed by atoms with E-state index in [1.165, 1.54) is 10.6 Å². The van der Waals surface area contributed by atoms with E-state index in [0.29, 0.717) is 35.8 Å². The van der Waals surface area contributed by atoms with E-state index in [9.17, 15) is 13.2 Å². The largest absolute Gasteiger partial charge is 0.332 e. The molecule has 0 saturated heterocycles. The molecule has 1 aromatic carbocycles. The Morgan fingerprint density at radius 2 is 1.88 bits per heavy atom. The number of hydrogen-bond donors (Lipinski definition) is 2. The topological polar surface area (TPSA) is 123 Å². The van der Waals surface area contributed by atoms with Crippen molar-refractivity contribution in [2.45, 2.75) is 18.4 Å². The number of nitrogens with one attached hydrogen (secondary N) is 1. The van der Waals surface area contributed by atoms with Gasteiger partial charge in [-0.25, -0.2) is 23.2 Å². The predicted molar refractivity (Wildman–Crippen MR) is 128 cm³/mol. The summed E-state index contributed by atoms with van der Waals surface area (Å²) in [5, 5.41) is 7.03. The van der Waals surface area contributed by atoms with Crippen molar-refractivity contribution in [1.29, 1.82) is 0 Å². The highest BCUT2D eigenvalue weighted by atomic mass is 32.2. The molecule has 0 aliphatic carbocycles. The standard InChI is InChI=1S/C21H21N7O3S2/c1-3-28(32)21(29)26-19-9-8-17-20(25-19)24-18(11-22-17)15-10-23-27(13-15)12-14-4-6-16(7-5-14)33(2,30)31/h4-11,13,32H,3,12H2,1-2H3,(H,24,25,26,29). The van der Waals surface area contributed by atoms with Gasteiger partial charge in [0.25, 0.3) is 0 Å². The Hall–Kier alpha value is -3.51. The summed E-state index contributed by atoms with van der Waals surface area (Å²) in [6, 6.07) is 9.68. The van der Waals surface area contributed by atoms with Gasteiger partial charge in [0.15, 0.2) is 15.5 Å². The first-order valence-electron chi connectivity index (χ1n) is 9.96. The first-order chi connectivity index (χ1) is 15.7. The number of fused-ring (bicyclic) bond motifs is 1. The summed E-state index contributed by atoms with van der Waals surface area (Å²) in [5.41, 5.74) is 3.22. The molecule has 3 heterocycles. The molecular weight excluding hydrogens is 462 g/mol. The van der Waals surface area contributed by atoms with E-state index < -0.39 is 9.84 Å². The molecular formula is C21H21N7O3S2. The molecule has 4 rings (SSSR count). The smallest absolute Gasteiger partial charge is 0.291 e. The van der Waals surface area contributed by atoms with Crippen LogP contribution in [0.25, 0.3) is 22.4 Å². The van der Waals surface area contributed by atoms with E-state index in [-0.39, 0.29) is 10.9 Å². The van der Waals surface area contributed by atoms with Gasteiger partial charge in [0.1, 0.15) is 11.3 Å². The van der Waals surface area contributed by atoms with Gasteiger partial charge in [-0.05, 0) is 36.8 Å². The van der Waals surface area contributed by atoms with Crippen LogP contribution in [-0.4, -0.2) is 56.3 Å². The lowest BCUT2D eigenvalue weighted by molar-refractivity contribution is 0.240. The summed E-state index contributed by atoms with van der Waals surface area (Å²) in [5.74, 6) is 0.347. The lowest BCUT2D eigenvalue weighted by Crippen LogP contribution is -2.27. The minimum Gasteiger partial charge on any atom is -0.291 e. The highest BCUT2D eigenvalue weighted by molar-refractivity contribution is 7.90. The number of hydrogen-bond acceptors (Lipinski definition) is 8. The quantitative estimate of drug-likeness (QED) is 0.404. The van der Waals surface area contributed by atoms with E-state index in [0.717, 1.165) is 11.1 Å². The summed E-state index contributed by atoms with van der Waals surface area (Å²) < 4.78 is 26.2. The van der Waals surface area contributed by atoms with Gasteiger partial charge in [0, 0.05) is 24.6 Å². The van der Waals surface area contributed by atoms with Gasteiger partial charge in [-0.3, -0.25) is 19.3 Å². The molecule has 0 unspecified atom stereocenters. The van der Waals surface area contributed by atoms with Crippen molar-refractivity contribution in [2.24, 2.45) is 0 Å². The van der Waals surface area contributed by atoms with E-state index in [1.807, 2.05) is 13.1 Å². The Morgan fingerprint density at radius 1 is 1.12 bits per heavy atom. The van der Waals surface area contributed by atoms with Crippen LogP contribution in [0.15, 0.2) is 59.9 Å². The van der Waals surface area contributed by atoms with Gasteiger partial charge in [-0.2, -0.15) is 5.10 Å². The fourth-order valence-corrected chi connectivity index (χ4v) is 3.72. The van der Waals surface area contributed by atoms with Crippen LogP contribution in [0.4, 0.5) is 10.6 Å². The van der Waals surface area contributed by atoms with Crippen molar-refractivity contribution in [2.75, 3.05) is 18.1 Å². The maximum atomic E-state index is 12.0. The van der Waals surface area contributed by atoms with Crippen LogP contribution >= 0.6 is 12.8 Å². The van der Waals surface area contributed by atoms with Gasteiger partial charge >= 0.3 is 6.03 Å². The van der Waals surface area contributed by atoms with Crippen molar-refractivity contribution in [3.05, 3.63) is 60.6 Å². The number of thiol groups is 1. The lowest BCUT2D eigenvalue weighted by Gasteiger charge is -2.13. The van der Waals surface area contributed by atoms with Crippen molar-refractivity contribution >= 4 is 45.7 Å². The number of sulfone groups is 1. The average Bonchev–Trinajstić information content (AvgIpc) is 3.26. The van der Waals surface area contributed by atoms with E-state index in [1.54, 1.807) is 53.5 Å². The molecule has 12 heteroatoms. The molecule has 0 fully saturated rings. The molecule has 0 bridgehead atoms. The van der Waals surface area contributed by atoms with Gasteiger partial charge in [-0.15, -0.1) is 0 Å². The highest BCUT2D eigenvalue weighted by Crippen LogP contribution is 2.20. The second-order valence-corrected chi connectivity index (χ2v) is 9.78. The van der Waals surface area contributed by atoms with Gasteiger partial charge < -0.3 is 0 Å². The van der Waals surface area contributed by atoms with Gasteiger partial charge in [-0.1, -0.05) is 24.9 Å². The van der Waals surface area contributed by atoms with Crippen molar-refractivity contribution in [3.63, 3.8) is 0 Å². The minimum atomic E-state index is -3.23. The molecule has 33 heavy (non-hydrogen) atoms. The minimum absolute atomic E-state index is 0.277. The van der Waals surface area contributed by atoms with Gasteiger partial charge in [0.2, 0.25) is 0 Å². The SMILES string of the molecule is CCN(S)C(=O)Nc1ccc2ncc(-c3cnn(Cc4ccc(S(C)(=O)=O)cc4)c3)nc2n1. The van der Waals surface area contributed by atoms with Crippen LogP contribution in [0.3, 0.4) is 0 Å². The van der Waals surface area contributed by atoms with E-state index in [4.69, 9.17) is 0 Å². The molecule has 0 spiro atoms. The fourth-order valence-electron chi connectivity index (χ4n) is 3.04. The second-order valence-electron chi connectivity index (χ2n) is 7.28. The Kier molecular flexibility index (Phi) is 6.29. The number of nitrogens with zero attached hydrogens (tertiary/aromatic N) is 6. The number of urea groups is 1. The Balaban J connectivity index is 1.53. The zero-order valence-corrected chi connectivity index (χ0v) is 19.6. The maximum Gasteiger partial charge on any atom is 0.332 e. The van der Waals surface area contributed by atoms with Crippen LogP contribution in [0.1, 0.15) is 12.5 Å². The predicted octanol–water partition coefficient (Wildman–Crippen LogP) is 3.04. The second kappa shape index (κ2) is 9.16. The third-order valence-electron chi connectivity index (χ3n) is 4.80. The molecule has 170 valence electrons. The molecule has 0 atom stereocenters. The number of carbonyl (C=O) groups is 1. The molecule has 2 amide bonds. The maximum absolute atomic E-state index is 12.0. The highest BCUT2D eigenvalue weighted by Gasteiger charge is 2.12. The Labute approximate surface area is 196 Å². The molecule has 0 aliphatic rings. The summed E-state index contributed by atoms with van der Waals surface area (Å²) in [7, 11) is -3.23. The van der Waals surface area contributed by atoms with E-state index >= 15 is 0 Å². The summed E-state index contributed by atoms with van der Waals surface area (Å²) in [6.45, 7) is 2.72. The monoisotopic (exact) mass is 483 g/mol. The van der Waals surface area contributed by atoms with Gasteiger partial charge in [0.05, 0.1) is 29.5 Å².